The van der Waals surface area contributed by atoms with Crippen molar-refractivity contribution in [2.75, 3.05) is 11.9 Å². The van der Waals surface area contributed by atoms with Crippen LogP contribution in [0.3, 0.4) is 0 Å². The van der Waals surface area contributed by atoms with E-state index >= 15 is 0 Å². The molecule has 0 aliphatic carbocycles. The number of carbonyl (C=O) groups is 2. The highest BCUT2D eigenvalue weighted by Gasteiger charge is 2.19. The molecule has 0 aliphatic heterocycles. The predicted molar refractivity (Wildman–Crippen MR) is 87.9 cm³/mol. The van der Waals surface area contributed by atoms with Crippen molar-refractivity contribution < 1.29 is 22.8 Å². The minimum absolute atomic E-state index is 0.432. The number of thioether (sulfide) groups is 1. The number of amides is 2. The van der Waals surface area contributed by atoms with Gasteiger partial charge in [0.05, 0.1) is 17.5 Å². The molecule has 1 heterocycles. The second-order valence-electron chi connectivity index (χ2n) is 4.84. The minimum Gasteiger partial charge on any atom is -0.346 e. The predicted octanol–water partition coefficient (Wildman–Crippen LogP) is 2.50. The van der Waals surface area contributed by atoms with Crippen molar-refractivity contribution in [3.05, 3.63) is 34.6 Å². The maximum atomic E-state index is 13.5. The fourth-order valence-electron chi connectivity index (χ4n) is 1.66. The number of aryl methyl sites for hydroxylation is 1. The van der Waals surface area contributed by atoms with E-state index in [1.807, 2.05) is 0 Å². The number of benzene rings is 1. The van der Waals surface area contributed by atoms with Gasteiger partial charge in [0.15, 0.2) is 21.8 Å². The van der Waals surface area contributed by atoms with E-state index in [4.69, 9.17) is 0 Å². The SMILES string of the molecule is Cc1nnc(SC(C)C(=O)NCC(=O)Nc2ccc(F)c(F)c2F)s1. The molecule has 0 saturated carbocycles. The molecule has 2 rings (SSSR count). The monoisotopic (exact) mass is 390 g/mol. The molecule has 11 heteroatoms. The molecular formula is C14H13F3N4O2S2. The van der Waals surface area contributed by atoms with Gasteiger partial charge in [-0.2, -0.15) is 0 Å². The van der Waals surface area contributed by atoms with Crippen LogP contribution in [0.4, 0.5) is 18.9 Å². The van der Waals surface area contributed by atoms with Crippen LogP contribution in [0.1, 0.15) is 11.9 Å². The fraction of sp³-hybridized carbons (Fsp3) is 0.286. The number of halogens is 3. The summed E-state index contributed by atoms with van der Waals surface area (Å²) in [5.41, 5.74) is -0.509. The molecule has 1 atom stereocenters. The number of aromatic nitrogens is 2. The summed E-state index contributed by atoms with van der Waals surface area (Å²) in [4.78, 5) is 23.7. The molecule has 0 saturated heterocycles. The first-order valence-corrected chi connectivity index (χ1v) is 8.65. The molecule has 0 fully saturated rings. The second kappa shape index (κ2) is 8.30. The molecule has 2 amide bonds. The Balaban J connectivity index is 1.85. The molecule has 1 aromatic carbocycles. The summed E-state index contributed by atoms with van der Waals surface area (Å²) in [6, 6.07) is 1.58. The highest BCUT2D eigenvalue weighted by molar-refractivity contribution is 8.02. The summed E-state index contributed by atoms with van der Waals surface area (Å²) < 4.78 is 40.0. The fourth-order valence-corrected chi connectivity index (χ4v) is 3.64. The van der Waals surface area contributed by atoms with Crippen LogP contribution in [0.5, 0.6) is 0 Å². The third-order valence-electron chi connectivity index (χ3n) is 2.89. The van der Waals surface area contributed by atoms with E-state index in [2.05, 4.69) is 20.8 Å². The van der Waals surface area contributed by atoms with Gasteiger partial charge in [-0.15, -0.1) is 10.2 Å². The molecule has 134 valence electrons. The van der Waals surface area contributed by atoms with E-state index in [9.17, 15) is 22.8 Å². The van der Waals surface area contributed by atoms with Gasteiger partial charge in [-0.3, -0.25) is 9.59 Å². The Bertz CT molecular complexity index is 800. The Labute approximate surface area is 149 Å². The van der Waals surface area contributed by atoms with Crippen molar-refractivity contribution in [2.45, 2.75) is 23.4 Å². The van der Waals surface area contributed by atoms with E-state index in [-0.39, 0.29) is 0 Å². The number of nitrogens with zero attached hydrogens (tertiary/aromatic N) is 2. The van der Waals surface area contributed by atoms with Crippen LogP contribution in [0.15, 0.2) is 16.5 Å². The molecule has 0 bridgehead atoms. The van der Waals surface area contributed by atoms with E-state index in [1.54, 1.807) is 13.8 Å². The normalized spacial score (nSPS) is 11.9. The number of nitrogens with one attached hydrogen (secondary N) is 2. The topological polar surface area (TPSA) is 84.0 Å². The first-order chi connectivity index (χ1) is 11.8. The Hall–Kier alpha value is -2.14. The Morgan fingerprint density at radius 2 is 1.96 bits per heavy atom. The highest BCUT2D eigenvalue weighted by Crippen LogP contribution is 2.26. The molecular weight excluding hydrogens is 377 g/mol. The van der Waals surface area contributed by atoms with Gasteiger partial charge in [-0.05, 0) is 26.0 Å². The quantitative estimate of drug-likeness (QED) is 0.585. The molecule has 25 heavy (non-hydrogen) atoms. The third kappa shape index (κ3) is 5.16. The Morgan fingerprint density at radius 1 is 1.24 bits per heavy atom. The van der Waals surface area contributed by atoms with Gasteiger partial charge in [-0.25, -0.2) is 13.2 Å². The molecule has 1 aromatic heterocycles. The molecule has 2 N–H and O–H groups in total. The third-order valence-corrected chi connectivity index (χ3v) is 4.91. The smallest absolute Gasteiger partial charge is 0.243 e. The lowest BCUT2D eigenvalue weighted by Gasteiger charge is -2.11. The van der Waals surface area contributed by atoms with Crippen molar-refractivity contribution in [1.82, 2.24) is 15.5 Å². The van der Waals surface area contributed by atoms with Gasteiger partial charge in [0, 0.05) is 0 Å². The summed E-state index contributed by atoms with van der Waals surface area (Å²) in [5.74, 6) is -5.75. The zero-order chi connectivity index (χ0) is 18.6. The lowest BCUT2D eigenvalue weighted by atomic mass is 10.2. The average Bonchev–Trinajstić information content (AvgIpc) is 2.98. The summed E-state index contributed by atoms with van der Waals surface area (Å²) in [5, 5.41) is 12.4. The summed E-state index contributed by atoms with van der Waals surface area (Å²) in [6.07, 6.45) is 0. The number of hydrogen-bond acceptors (Lipinski definition) is 6. The average molecular weight is 390 g/mol. The largest absolute Gasteiger partial charge is 0.346 e. The van der Waals surface area contributed by atoms with Gasteiger partial charge in [0.25, 0.3) is 0 Å². The summed E-state index contributed by atoms with van der Waals surface area (Å²) in [7, 11) is 0. The van der Waals surface area contributed by atoms with Gasteiger partial charge >= 0.3 is 0 Å². The van der Waals surface area contributed by atoms with Crippen LogP contribution < -0.4 is 10.6 Å². The first-order valence-electron chi connectivity index (χ1n) is 6.95. The lowest BCUT2D eigenvalue weighted by Crippen LogP contribution is -2.37. The summed E-state index contributed by atoms with van der Waals surface area (Å²) in [6.45, 7) is 2.97. The van der Waals surface area contributed by atoms with Crippen molar-refractivity contribution >= 4 is 40.6 Å². The molecule has 0 aliphatic rings. The summed E-state index contributed by atoms with van der Waals surface area (Å²) >= 11 is 2.52. The standard InChI is InChI=1S/C14H13F3N4O2S2/c1-6(24-14-21-20-7(2)25-14)13(23)18-5-10(22)19-9-4-3-8(15)11(16)12(9)17/h3-4,6H,5H2,1-2H3,(H,18,23)(H,19,22). The van der Waals surface area contributed by atoms with Crippen molar-refractivity contribution in [3.8, 4) is 0 Å². The van der Waals surface area contributed by atoms with Gasteiger partial charge in [-0.1, -0.05) is 23.1 Å². The maximum Gasteiger partial charge on any atom is 0.243 e. The van der Waals surface area contributed by atoms with Crippen LogP contribution in [0.25, 0.3) is 0 Å². The van der Waals surface area contributed by atoms with E-state index < -0.39 is 46.7 Å². The van der Waals surface area contributed by atoms with Gasteiger partial charge in [0.1, 0.15) is 5.01 Å². The zero-order valence-electron chi connectivity index (χ0n) is 13.1. The van der Waals surface area contributed by atoms with Crippen molar-refractivity contribution in [3.63, 3.8) is 0 Å². The van der Waals surface area contributed by atoms with Crippen LogP contribution in [0.2, 0.25) is 0 Å². The van der Waals surface area contributed by atoms with Crippen LogP contribution in [0, 0.1) is 24.4 Å². The maximum absolute atomic E-state index is 13.5. The Morgan fingerprint density at radius 3 is 2.60 bits per heavy atom. The van der Waals surface area contributed by atoms with Crippen LogP contribution in [-0.2, 0) is 9.59 Å². The Kier molecular flexibility index (Phi) is 6.37. The second-order valence-corrected chi connectivity index (χ2v) is 7.61. The zero-order valence-corrected chi connectivity index (χ0v) is 14.7. The van der Waals surface area contributed by atoms with Crippen molar-refractivity contribution in [2.24, 2.45) is 0 Å². The number of carbonyl (C=O) groups excluding carboxylic acids is 2. The van der Waals surface area contributed by atoms with Crippen LogP contribution in [-0.4, -0.2) is 33.8 Å². The molecule has 0 spiro atoms. The van der Waals surface area contributed by atoms with Crippen LogP contribution >= 0.6 is 23.1 Å². The molecule has 0 radical (unpaired) electrons. The molecule has 1 unspecified atom stereocenters. The highest BCUT2D eigenvalue weighted by atomic mass is 32.2. The van der Waals surface area contributed by atoms with Gasteiger partial charge in [0.2, 0.25) is 11.8 Å². The number of rotatable bonds is 6. The minimum atomic E-state index is -1.68. The molecule has 2 aromatic rings. The van der Waals surface area contributed by atoms with Gasteiger partial charge < -0.3 is 10.6 Å². The molecule has 6 nitrogen and oxygen atoms in total. The van der Waals surface area contributed by atoms with E-state index in [0.717, 1.165) is 11.1 Å². The number of hydrogen-bond donors (Lipinski definition) is 2. The number of anilines is 1. The first kappa shape index (κ1) is 19.2. The lowest BCUT2D eigenvalue weighted by molar-refractivity contribution is -0.123. The van der Waals surface area contributed by atoms with Crippen molar-refractivity contribution in [1.29, 1.82) is 0 Å². The van der Waals surface area contributed by atoms with E-state index in [0.29, 0.717) is 10.4 Å². The van der Waals surface area contributed by atoms with E-state index in [1.165, 1.54) is 23.1 Å².